The lowest BCUT2D eigenvalue weighted by Gasteiger charge is -2.29. The maximum atomic E-state index is 12.9. The smallest absolute Gasteiger partial charge is 0.325 e. The third kappa shape index (κ3) is 5.02. The molecule has 0 saturated carbocycles. The van der Waals surface area contributed by atoms with Gasteiger partial charge in [0.25, 0.3) is 0 Å². The summed E-state index contributed by atoms with van der Waals surface area (Å²) in [4.78, 5) is 30.6. The molecule has 1 aliphatic rings. The fourth-order valence-corrected chi connectivity index (χ4v) is 3.99. The van der Waals surface area contributed by atoms with Crippen LogP contribution in [0.3, 0.4) is 0 Å². The molecule has 1 atom stereocenters. The predicted molar refractivity (Wildman–Crippen MR) is 112 cm³/mol. The molecule has 5 nitrogen and oxygen atoms in total. The van der Waals surface area contributed by atoms with Crippen molar-refractivity contribution in [1.29, 1.82) is 0 Å². The number of nitrogens with one attached hydrogen (secondary N) is 1. The van der Waals surface area contributed by atoms with Crippen molar-refractivity contribution in [3.05, 3.63) is 59.2 Å². The zero-order valence-corrected chi connectivity index (χ0v) is 17.4. The number of rotatable bonds is 3. The third-order valence-corrected chi connectivity index (χ3v) is 5.84. The summed E-state index contributed by atoms with van der Waals surface area (Å²) < 4.78 is 38.8. The van der Waals surface area contributed by atoms with Crippen LogP contribution in [0.1, 0.15) is 23.1 Å². The summed E-state index contributed by atoms with van der Waals surface area (Å²) in [5, 5.41) is 2.26. The largest absolute Gasteiger partial charge is 0.416 e. The summed E-state index contributed by atoms with van der Waals surface area (Å²) in [6.45, 7) is 3.82. The van der Waals surface area contributed by atoms with Crippen LogP contribution in [0.4, 0.5) is 24.5 Å². The van der Waals surface area contributed by atoms with Crippen LogP contribution in [0.2, 0.25) is 0 Å². The Balaban J connectivity index is 1.82. The van der Waals surface area contributed by atoms with Gasteiger partial charge in [0.2, 0.25) is 11.8 Å². The van der Waals surface area contributed by atoms with Crippen molar-refractivity contribution in [1.82, 2.24) is 4.90 Å². The topological polar surface area (TPSA) is 61.8 Å². The molecule has 9 heteroatoms. The molecule has 1 heterocycles. The summed E-state index contributed by atoms with van der Waals surface area (Å²) in [5.41, 5.74) is 1.83. The van der Waals surface area contributed by atoms with Crippen molar-refractivity contribution < 1.29 is 22.8 Å². The summed E-state index contributed by atoms with van der Waals surface area (Å²) in [6.07, 6.45) is -4.52. The summed E-state index contributed by atoms with van der Waals surface area (Å²) in [6, 6.07) is 10.1. The van der Waals surface area contributed by atoms with E-state index in [0.29, 0.717) is 5.69 Å². The highest BCUT2D eigenvalue weighted by Gasteiger charge is 2.34. The fraction of sp³-hybridized carbons (Fsp3) is 0.286. The van der Waals surface area contributed by atoms with Crippen LogP contribution in [0.15, 0.2) is 47.5 Å². The van der Waals surface area contributed by atoms with Gasteiger partial charge >= 0.3 is 6.18 Å². The summed E-state index contributed by atoms with van der Waals surface area (Å²) >= 11 is 1.05. The number of hydrogen-bond donors (Lipinski definition) is 1. The average Bonchev–Trinajstić information content (AvgIpc) is 2.67. The number of aryl methyl sites for hydroxylation is 2. The number of benzene rings is 2. The molecule has 1 unspecified atom stereocenters. The van der Waals surface area contributed by atoms with E-state index in [1.807, 2.05) is 26.0 Å². The Kier molecular flexibility index (Phi) is 6.21. The Hall–Kier alpha value is -2.81. The number of aliphatic imine (C=N–C) groups is 1. The van der Waals surface area contributed by atoms with Gasteiger partial charge in [-0.15, -0.1) is 0 Å². The first kappa shape index (κ1) is 21.9. The van der Waals surface area contributed by atoms with Crippen molar-refractivity contribution in [3.63, 3.8) is 0 Å². The van der Waals surface area contributed by atoms with Gasteiger partial charge in [-0.1, -0.05) is 35.5 Å². The number of carbonyl (C=O) groups is 2. The summed E-state index contributed by atoms with van der Waals surface area (Å²) in [5.74, 6) is -0.689. The highest BCUT2D eigenvalue weighted by Crippen LogP contribution is 2.33. The molecule has 30 heavy (non-hydrogen) atoms. The molecule has 2 amide bonds. The van der Waals surface area contributed by atoms with Crippen molar-refractivity contribution in [2.75, 3.05) is 12.4 Å². The van der Waals surface area contributed by atoms with Gasteiger partial charge < -0.3 is 5.32 Å². The van der Waals surface area contributed by atoms with Gasteiger partial charge in [0.1, 0.15) is 5.25 Å². The molecule has 1 aliphatic heterocycles. The van der Waals surface area contributed by atoms with Gasteiger partial charge in [-0.25, -0.2) is 4.99 Å². The van der Waals surface area contributed by atoms with Crippen molar-refractivity contribution in [2.45, 2.75) is 31.7 Å². The normalized spacial score (nSPS) is 18.6. The zero-order valence-electron chi connectivity index (χ0n) is 16.6. The molecular formula is C21H20F3N3O2S. The highest BCUT2D eigenvalue weighted by molar-refractivity contribution is 8.15. The summed E-state index contributed by atoms with van der Waals surface area (Å²) in [7, 11) is 1.49. The van der Waals surface area contributed by atoms with E-state index in [2.05, 4.69) is 10.3 Å². The van der Waals surface area contributed by atoms with Gasteiger partial charge in [0.05, 0.1) is 11.3 Å². The molecule has 0 bridgehead atoms. The van der Waals surface area contributed by atoms with Crippen molar-refractivity contribution >= 4 is 40.1 Å². The maximum absolute atomic E-state index is 12.9. The number of thioether (sulfide) groups is 1. The number of nitrogens with zero attached hydrogens (tertiary/aromatic N) is 2. The average molecular weight is 435 g/mol. The third-order valence-electron chi connectivity index (χ3n) is 4.60. The first-order valence-electron chi connectivity index (χ1n) is 9.12. The van der Waals surface area contributed by atoms with Crippen LogP contribution >= 0.6 is 11.8 Å². The highest BCUT2D eigenvalue weighted by atomic mass is 32.2. The van der Waals surface area contributed by atoms with E-state index in [4.69, 9.17) is 0 Å². The van der Waals surface area contributed by atoms with Crippen LogP contribution in [0.25, 0.3) is 0 Å². The van der Waals surface area contributed by atoms with Crippen molar-refractivity contribution in [2.24, 2.45) is 4.99 Å². The number of halogens is 3. The molecule has 2 aromatic rings. The molecular weight excluding hydrogens is 415 g/mol. The maximum Gasteiger partial charge on any atom is 0.416 e. The van der Waals surface area contributed by atoms with Crippen LogP contribution < -0.4 is 5.32 Å². The van der Waals surface area contributed by atoms with Crippen LogP contribution in [-0.2, 0) is 15.8 Å². The van der Waals surface area contributed by atoms with Crippen LogP contribution in [0.5, 0.6) is 0 Å². The van der Waals surface area contributed by atoms with E-state index >= 15 is 0 Å². The minimum absolute atomic E-state index is 0.0283. The minimum Gasteiger partial charge on any atom is -0.325 e. The second-order valence-electron chi connectivity index (χ2n) is 7.01. The molecule has 1 N–H and O–H groups in total. The minimum atomic E-state index is -4.49. The Morgan fingerprint density at radius 1 is 1.20 bits per heavy atom. The van der Waals surface area contributed by atoms with Gasteiger partial charge in [-0.3, -0.25) is 14.5 Å². The van der Waals surface area contributed by atoms with Gasteiger partial charge in [-0.2, -0.15) is 13.2 Å². The number of amides is 2. The Morgan fingerprint density at radius 3 is 2.60 bits per heavy atom. The number of anilines is 1. The number of amidine groups is 1. The lowest BCUT2D eigenvalue weighted by molar-refractivity contribution is -0.137. The second kappa shape index (κ2) is 8.51. The van der Waals surface area contributed by atoms with E-state index < -0.39 is 17.0 Å². The quantitative estimate of drug-likeness (QED) is 0.745. The van der Waals surface area contributed by atoms with Gasteiger partial charge in [0.15, 0.2) is 5.17 Å². The van der Waals surface area contributed by atoms with E-state index in [9.17, 15) is 22.8 Å². The van der Waals surface area contributed by atoms with E-state index in [-0.39, 0.29) is 29.1 Å². The molecule has 158 valence electrons. The fourth-order valence-electron chi connectivity index (χ4n) is 2.93. The zero-order chi connectivity index (χ0) is 22.1. The first-order chi connectivity index (χ1) is 14.0. The van der Waals surface area contributed by atoms with Gasteiger partial charge in [0, 0.05) is 19.2 Å². The van der Waals surface area contributed by atoms with E-state index in [1.54, 1.807) is 6.07 Å². The Bertz CT molecular complexity index is 1020. The molecule has 0 radical (unpaired) electrons. The number of carbonyl (C=O) groups excluding carboxylic acids is 2. The van der Waals surface area contributed by atoms with Crippen molar-refractivity contribution in [3.8, 4) is 0 Å². The van der Waals surface area contributed by atoms with E-state index in [0.717, 1.165) is 35.0 Å². The number of hydrogen-bond acceptors (Lipinski definition) is 4. The predicted octanol–water partition coefficient (Wildman–Crippen LogP) is 4.91. The molecule has 0 aliphatic carbocycles. The monoisotopic (exact) mass is 435 g/mol. The lowest BCUT2D eigenvalue weighted by atomic mass is 10.1. The Labute approximate surface area is 176 Å². The SMILES string of the molecule is Cc1ccc(NC(=O)C2CC(=O)N(C)C(=Nc3cccc(C(F)(F)F)c3)S2)c(C)c1. The van der Waals surface area contributed by atoms with Crippen LogP contribution in [-0.4, -0.2) is 34.2 Å². The van der Waals surface area contributed by atoms with Gasteiger partial charge in [-0.05, 0) is 43.7 Å². The molecule has 1 saturated heterocycles. The molecule has 0 spiro atoms. The van der Waals surface area contributed by atoms with Crippen LogP contribution in [0, 0.1) is 13.8 Å². The molecule has 3 rings (SSSR count). The van der Waals surface area contributed by atoms with E-state index in [1.165, 1.54) is 24.1 Å². The molecule has 2 aromatic carbocycles. The molecule has 1 fully saturated rings. The molecule has 0 aromatic heterocycles. The Morgan fingerprint density at radius 2 is 1.93 bits per heavy atom. The lowest BCUT2D eigenvalue weighted by Crippen LogP contribution is -2.43. The number of alkyl halides is 3. The second-order valence-corrected chi connectivity index (χ2v) is 8.18. The standard InChI is InChI=1S/C21H20F3N3O2S/c1-12-7-8-16(13(2)9-12)26-19(29)17-11-18(28)27(3)20(30-17)25-15-6-4-5-14(10-15)21(22,23)24/h4-10,17H,11H2,1-3H3,(H,26,29). The first-order valence-corrected chi connectivity index (χ1v) is 10.00.